The molecule has 2 heterocycles. The lowest BCUT2D eigenvalue weighted by Crippen LogP contribution is -2.41. The summed E-state index contributed by atoms with van der Waals surface area (Å²) in [5.74, 6) is -0.384. The highest BCUT2D eigenvalue weighted by atomic mass is 35.5. The Morgan fingerprint density at radius 1 is 1.09 bits per heavy atom. The van der Waals surface area contributed by atoms with E-state index in [0.717, 1.165) is 24.9 Å². The predicted molar refractivity (Wildman–Crippen MR) is 126 cm³/mol. The number of carbonyl (C=O) groups is 1. The van der Waals surface area contributed by atoms with Crippen molar-refractivity contribution in [1.29, 1.82) is 0 Å². The summed E-state index contributed by atoms with van der Waals surface area (Å²) in [5.41, 5.74) is 1.72. The van der Waals surface area contributed by atoms with Gasteiger partial charge in [-0.2, -0.15) is 4.31 Å². The molecule has 2 aromatic carbocycles. The van der Waals surface area contributed by atoms with E-state index < -0.39 is 10.0 Å². The number of benzene rings is 2. The van der Waals surface area contributed by atoms with E-state index in [1.807, 2.05) is 13.0 Å². The largest absolute Gasteiger partial charge is 0.378 e. The third-order valence-electron chi connectivity index (χ3n) is 6.00. The Morgan fingerprint density at radius 2 is 1.88 bits per heavy atom. The fraction of sp³-hybridized carbons (Fsp3) is 0.435. The summed E-state index contributed by atoms with van der Waals surface area (Å²) < 4.78 is 33.4. The highest BCUT2D eigenvalue weighted by molar-refractivity contribution is 7.89. The van der Waals surface area contributed by atoms with Gasteiger partial charge in [0.25, 0.3) is 5.91 Å². The SMILES string of the molecule is CC1CCCCN1S(=O)(=O)c1cccc(C(=O)Nc2cc(Cl)ccc2N2CCOCC2)c1. The zero-order chi connectivity index (χ0) is 22.7. The topological polar surface area (TPSA) is 79.0 Å². The van der Waals surface area contributed by atoms with E-state index in [2.05, 4.69) is 10.2 Å². The molecule has 0 bridgehead atoms. The molecule has 2 saturated heterocycles. The number of halogens is 1. The number of nitrogens with one attached hydrogen (secondary N) is 1. The van der Waals surface area contributed by atoms with Crippen LogP contribution in [-0.4, -0.2) is 57.5 Å². The van der Waals surface area contributed by atoms with Crippen LogP contribution in [0.1, 0.15) is 36.5 Å². The second-order valence-electron chi connectivity index (χ2n) is 8.20. The van der Waals surface area contributed by atoms with Gasteiger partial charge in [0.15, 0.2) is 0 Å². The van der Waals surface area contributed by atoms with Crippen molar-refractivity contribution in [3.63, 3.8) is 0 Å². The van der Waals surface area contributed by atoms with Gasteiger partial charge in [-0.25, -0.2) is 8.42 Å². The number of nitrogens with zero attached hydrogens (tertiary/aromatic N) is 2. The van der Waals surface area contributed by atoms with Crippen molar-refractivity contribution in [2.45, 2.75) is 37.1 Å². The average molecular weight is 478 g/mol. The van der Waals surface area contributed by atoms with E-state index in [1.165, 1.54) is 6.07 Å². The predicted octanol–water partition coefficient (Wildman–Crippen LogP) is 3.99. The van der Waals surface area contributed by atoms with Crippen molar-refractivity contribution in [1.82, 2.24) is 4.31 Å². The van der Waals surface area contributed by atoms with Gasteiger partial charge >= 0.3 is 0 Å². The Labute approximate surface area is 194 Å². The minimum Gasteiger partial charge on any atom is -0.378 e. The standard InChI is InChI=1S/C23H28ClN3O4S/c1-17-5-2-3-10-27(17)32(29,30)20-7-4-6-18(15-20)23(28)25-21-16-19(24)8-9-22(21)26-11-13-31-14-12-26/h4,6-9,15-17H,2-3,5,10-14H2,1H3,(H,25,28). The number of hydrogen-bond donors (Lipinski definition) is 1. The van der Waals surface area contributed by atoms with E-state index >= 15 is 0 Å². The Kier molecular flexibility index (Phi) is 7.05. The maximum Gasteiger partial charge on any atom is 0.255 e. The fourth-order valence-electron chi connectivity index (χ4n) is 4.24. The summed E-state index contributed by atoms with van der Waals surface area (Å²) in [6.45, 7) is 5.10. The van der Waals surface area contributed by atoms with Crippen molar-refractivity contribution in [3.05, 3.63) is 53.1 Å². The molecule has 1 unspecified atom stereocenters. The van der Waals surface area contributed by atoms with Crippen molar-refractivity contribution in [2.24, 2.45) is 0 Å². The van der Waals surface area contributed by atoms with Gasteiger partial charge in [0.2, 0.25) is 10.0 Å². The van der Waals surface area contributed by atoms with Crippen molar-refractivity contribution < 1.29 is 17.9 Å². The summed E-state index contributed by atoms with van der Waals surface area (Å²) in [6, 6.07) is 11.5. The minimum atomic E-state index is -3.66. The lowest BCUT2D eigenvalue weighted by atomic mass is 10.1. The number of sulfonamides is 1. The summed E-state index contributed by atoms with van der Waals surface area (Å²) >= 11 is 6.19. The molecule has 7 nitrogen and oxygen atoms in total. The Morgan fingerprint density at radius 3 is 2.62 bits per heavy atom. The van der Waals surface area contributed by atoms with Gasteiger partial charge in [0.05, 0.1) is 29.5 Å². The number of rotatable bonds is 5. The maximum atomic E-state index is 13.2. The number of amides is 1. The molecule has 2 fully saturated rings. The first-order valence-electron chi connectivity index (χ1n) is 10.9. The van der Waals surface area contributed by atoms with E-state index in [9.17, 15) is 13.2 Å². The number of anilines is 2. The van der Waals surface area contributed by atoms with E-state index in [0.29, 0.717) is 43.6 Å². The molecule has 0 saturated carbocycles. The van der Waals surface area contributed by atoms with Gasteiger partial charge in [0.1, 0.15) is 0 Å². The lowest BCUT2D eigenvalue weighted by Gasteiger charge is -2.32. The third kappa shape index (κ3) is 4.93. The zero-order valence-corrected chi connectivity index (χ0v) is 19.7. The molecule has 2 aliphatic rings. The van der Waals surface area contributed by atoms with Crippen LogP contribution in [0.3, 0.4) is 0 Å². The van der Waals surface area contributed by atoms with Gasteiger partial charge in [-0.05, 0) is 56.2 Å². The molecule has 2 aliphatic heterocycles. The van der Waals surface area contributed by atoms with E-state index in [1.54, 1.807) is 34.6 Å². The Hall–Kier alpha value is -2.13. The van der Waals surface area contributed by atoms with E-state index in [4.69, 9.17) is 16.3 Å². The molecule has 0 radical (unpaired) electrons. The quantitative estimate of drug-likeness (QED) is 0.704. The Balaban J connectivity index is 1.58. The van der Waals surface area contributed by atoms with Crippen molar-refractivity contribution in [2.75, 3.05) is 43.1 Å². The average Bonchev–Trinajstić information content (AvgIpc) is 2.80. The van der Waals surface area contributed by atoms with Crippen LogP contribution in [0.2, 0.25) is 5.02 Å². The fourth-order valence-corrected chi connectivity index (χ4v) is 6.16. The van der Waals surface area contributed by atoms with Crippen LogP contribution in [-0.2, 0) is 14.8 Å². The van der Waals surface area contributed by atoms with E-state index in [-0.39, 0.29) is 22.4 Å². The highest BCUT2D eigenvalue weighted by Crippen LogP contribution is 2.31. The van der Waals surface area contributed by atoms with Crippen LogP contribution >= 0.6 is 11.6 Å². The molecule has 32 heavy (non-hydrogen) atoms. The smallest absolute Gasteiger partial charge is 0.255 e. The minimum absolute atomic E-state index is 0.0474. The molecule has 0 aliphatic carbocycles. The van der Waals surface area contributed by atoms with Crippen molar-refractivity contribution >= 4 is 38.9 Å². The van der Waals surface area contributed by atoms with Crippen LogP contribution in [0.4, 0.5) is 11.4 Å². The van der Waals surface area contributed by atoms with Gasteiger partial charge in [-0.3, -0.25) is 4.79 Å². The van der Waals surface area contributed by atoms with Gasteiger partial charge in [-0.1, -0.05) is 24.1 Å². The van der Waals surface area contributed by atoms with Crippen LogP contribution in [0.25, 0.3) is 0 Å². The van der Waals surface area contributed by atoms with Crippen LogP contribution < -0.4 is 10.2 Å². The van der Waals surface area contributed by atoms with Crippen LogP contribution in [0, 0.1) is 0 Å². The van der Waals surface area contributed by atoms with Crippen LogP contribution in [0.15, 0.2) is 47.4 Å². The molecule has 172 valence electrons. The number of piperidine rings is 1. The Bertz CT molecular complexity index is 1090. The normalized spacial score (nSPS) is 20.2. The maximum absolute atomic E-state index is 13.2. The number of hydrogen-bond acceptors (Lipinski definition) is 5. The second-order valence-corrected chi connectivity index (χ2v) is 10.5. The number of morpholine rings is 1. The molecule has 0 aromatic heterocycles. The van der Waals surface area contributed by atoms with Crippen LogP contribution in [0.5, 0.6) is 0 Å². The number of carbonyl (C=O) groups excluding carboxylic acids is 1. The molecule has 1 atom stereocenters. The molecule has 4 rings (SSSR count). The summed E-state index contributed by atoms with van der Waals surface area (Å²) in [4.78, 5) is 15.3. The van der Waals surface area contributed by atoms with Gasteiger partial charge in [0, 0.05) is 36.3 Å². The summed E-state index contributed by atoms with van der Waals surface area (Å²) in [5, 5.41) is 3.42. The molecule has 9 heteroatoms. The molecule has 0 spiro atoms. The monoisotopic (exact) mass is 477 g/mol. The van der Waals surface area contributed by atoms with Crippen molar-refractivity contribution in [3.8, 4) is 0 Å². The summed E-state index contributed by atoms with van der Waals surface area (Å²) in [6.07, 6.45) is 2.72. The molecular weight excluding hydrogens is 450 g/mol. The van der Waals surface area contributed by atoms with Gasteiger partial charge < -0.3 is 15.0 Å². The first-order valence-corrected chi connectivity index (χ1v) is 12.7. The third-order valence-corrected chi connectivity index (χ3v) is 8.25. The molecule has 1 N–H and O–H groups in total. The summed E-state index contributed by atoms with van der Waals surface area (Å²) in [7, 11) is -3.66. The molecule has 2 aromatic rings. The first-order chi connectivity index (χ1) is 15.4. The highest BCUT2D eigenvalue weighted by Gasteiger charge is 2.31. The first kappa shape index (κ1) is 23.0. The van der Waals surface area contributed by atoms with Gasteiger partial charge in [-0.15, -0.1) is 0 Å². The molecular formula is C23H28ClN3O4S. The zero-order valence-electron chi connectivity index (χ0n) is 18.1. The number of ether oxygens (including phenoxy) is 1. The molecule has 1 amide bonds. The second kappa shape index (κ2) is 9.79. The lowest BCUT2D eigenvalue weighted by molar-refractivity contribution is 0.102.